The van der Waals surface area contributed by atoms with Crippen LogP contribution in [-0.2, 0) is 0 Å². The molecule has 3 aromatic heterocycles. The zero-order valence-corrected chi connectivity index (χ0v) is 34.7. The molecule has 0 bridgehead atoms. The van der Waals surface area contributed by atoms with Crippen LogP contribution in [0.15, 0.2) is 224 Å². The van der Waals surface area contributed by atoms with E-state index in [2.05, 4.69) is 204 Å². The fourth-order valence-corrected chi connectivity index (χ4v) is 9.44. The van der Waals surface area contributed by atoms with Crippen LogP contribution < -0.4 is 0 Å². The molecule has 12 rings (SSSR count). The average molecular weight is 805 g/mol. The number of benzene rings is 9. The van der Waals surface area contributed by atoms with Crippen molar-refractivity contribution in [3.63, 3.8) is 0 Å². The number of hydrogen-bond donors (Lipinski definition) is 0. The molecule has 0 spiro atoms. The summed E-state index contributed by atoms with van der Waals surface area (Å²) in [7, 11) is 0. The molecule has 0 saturated carbocycles. The molecule has 0 atom stereocenters. The van der Waals surface area contributed by atoms with Crippen molar-refractivity contribution in [1.82, 2.24) is 19.1 Å². The fraction of sp³-hybridized carbons (Fsp3) is 0.0169. The first kappa shape index (κ1) is 36.5. The predicted molar refractivity (Wildman–Crippen MR) is 263 cm³/mol. The summed E-state index contributed by atoms with van der Waals surface area (Å²) in [6.07, 6.45) is 0. The topological polar surface area (TPSA) is 35.6 Å². The van der Waals surface area contributed by atoms with Gasteiger partial charge in [0.2, 0.25) is 0 Å². The molecule has 4 nitrogen and oxygen atoms in total. The molecular weight excluding hydrogens is 765 g/mol. The number of hydrogen-bond acceptors (Lipinski definition) is 2. The van der Waals surface area contributed by atoms with E-state index in [-0.39, 0.29) is 0 Å². The third kappa shape index (κ3) is 6.31. The second-order valence-corrected chi connectivity index (χ2v) is 16.3. The van der Waals surface area contributed by atoms with Crippen molar-refractivity contribution in [1.29, 1.82) is 0 Å². The normalized spacial score (nSPS) is 11.6. The van der Waals surface area contributed by atoms with Crippen LogP contribution in [0.25, 0.3) is 111 Å². The van der Waals surface area contributed by atoms with E-state index >= 15 is 0 Å². The lowest BCUT2D eigenvalue weighted by molar-refractivity contribution is 1.17. The van der Waals surface area contributed by atoms with E-state index in [4.69, 9.17) is 9.97 Å². The minimum Gasteiger partial charge on any atom is -0.309 e. The van der Waals surface area contributed by atoms with E-state index in [1.54, 1.807) is 0 Å². The van der Waals surface area contributed by atoms with Crippen LogP contribution in [0.3, 0.4) is 0 Å². The highest BCUT2D eigenvalue weighted by atomic mass is 15.0. The molecule has 0 N–H and O–H groups in total. The first-order chi connectivity index (χ1) is 31.1. The van der Waals surface area contributed by atoms with Crippen molar-refractivity contribution < 1.29 is 0 Å². The van der Waals surface area contributed by atoms with Crippen LogP contribution in [-0.4, -0.2) is 19.1 Å². The van der Waals surface area contributed by atoms with Crippen LogP contribution in [0.5, 0.6) is 0 Å². The Morgan fingerprint density at radius 1 is 0.302 bits per heavy atom. The van der Waals surface area contributed by atoms with Gasteiger partial charge in [-0.2, -0.15) is 0 Å². The van der Waals surface area contributed by atoms with Crippen molar-refractivity contribution in [3.05, 3.63) is 230 Å². The lowest BCUT2D eigenvalue weighted by atomic mass is 9.95. The van der Waals surface area contributed by atoms with E-state index < -0.39 is 0 Å². The lowest BCUT2D eigenvalue weighted by Crippen LogP contribution is -1.96. The molecule has 296 valence electrons. The highest BCUT2D eigenvalue weighted by Gasteiger charge is 2.17. The van der Waals surface area contributed by atoms with Gasteiger partial charge in [0.25, 0.3) is 0 Å². The quantitative estimate of drug-likeness (QED) is 0.161. The Morgan fingerprint density at radius 3 is 1.35 bits per heavy atom. The molecular formula is C59H40N4. The van der Waals surface area contributed by atoms with Gasteiger partial charge in [0, 0.05) is 49.6 Å². The van der Waals surface area contributed by atoms with Crippen molar-refractivity contribution in [2.24, 2.45) is 0 Å². The minimum atomic E-state index is 0.720. The first-order valence-corrected chi connectivity index (χ1v) is 21.5. The van der Waals surface area contributed by atoms with Crippen LogP contribution >= 0.6 is 0 Å². The molecule has 0 amide bonds. The second kappa shape index (κ2) is 15.0. The Bertz CT molecular complexity index is 3540. The van der Waals surface area contributed by atoms with Gasteiger partial charge in [0.15, 0.2) is 5.82 Å². The second-order valence-electron chi connectivity index (χ2n) is 16.3. The summed E-state index contributed by atoms with van der Waals surface area (Å²) in [5.74, 6) is 0.720. The largest absolute Gasteiger partial charge is 0.309 e. The number of para-hydroxylation sites is 3. The Hall–Kier alpha value is -8.34. The standard InChI is InChI=1S/C59H40N4/c1-39-36-45(54-38-53(43-14-4-2-5-15-43)60-59(61-54)44-16-6-3-7-17-44)30-34-48(39)42-26-24-40(25-27-42)41-28-31-46(32-29-41)62-57-23-13-10-20-51(57)52-37-47(33-35-58(52)62)63-55-21-11-8-18-49(55)50-19-9-12-22-56(50)63/h2-38H,1H3. The van der Waals surface area contributed by atoms with Crippen molar-refractivity contribution in [3.8, 4) is 67.5 Å². The Morgan fingerprint density at radius 2 is 0.746 bits per heavy atom. The molecule has 63 heavy (non-hydrogen) atoms. The number of aromatic nitrogens is 4. The third-order valence-corrected chi connectivity index (χ3v) is 12.5. The van der Waals surface area contributed by atoms with Gasteiger partial charge in [0.1, 0.15) is 0 Å². The van der Waals surface area contributed by atoms with Crippen LogP contribution in [0.4, 0.5) is 0 Å². The van der Waals surface area contributed by atoms with Gasteiger partial charge in [-0.25, -0.2) is 9.97 Å². The Kier molecular flexibility index (Phi) is 8.68. The van der Waals surface area contributed by atoms with Gasteiger partial charge in [-0.15, -0.1) is 0 Å². The highest BCUT2D eigenvalue weighted by molar-refractivity contribution is 6.12. The minimum absolute atomic E-state index is 0.720. The molecule has 0 unspecified atom stereocenters. The Labute approximate surface area is 365 Å². The molecule has 0 aliphatic carbocycles. The monoisotopic (exact) mass is 804 g/mol. The molecule has 0 fully saturated rings. The van der Waals surface area contributed by atoms with Crippen molar-refractivity contribution >= 4 is 43.6 Å². The van der Waals surface area contributed by atoms with Crippen LogP contribution in [0, 0.1) is 6.92 Å². The SMILES string of the molecule is Cc1cc(-c2cc(-c3ccccc3)nc(-c3ccccc3)n2)ccc1-c1ccc(-c2ccc(-n3c4ccccc4c4cc(-n5c6ccccc6c6ccccc65)ccc43)cc2)cc1. The third-order valence-electron chi connectivity index (χ3n) is 12.5. The van der Waals surface area contributed by atoms with E-state index in [1.165, 1.54) is 71.4 Å². The molecule has 3 heterocycles. The summed E-state index contributed by atoms with van der Waals surface area (Å²) in [6, 6.07) is 80.3. The number of rotatable bonds is 7. The lowest BCUT2D eigenvalue weighted by Gasteiger charge is -2.13. The van der Waals surface area contributed by atoms with Gasteiger partial charge in [0.05, 0.1) is 33.5 Å². The van der Waals surface area contributed by atoms with E-state index in [0.717, 1.165) is 45.3 Å². The first-order valence-electron chi connectivity index (χ1n) is 21.5. The van der Waals surface area contributed by atoms with Gasteiger partial charge in [-0.3, -0.25) is 0 Å². The molecule has 12 aromatic rings. The van der Waals surface area contributed by atoms with Crippen molar-refractivity contribution in [2.45, 2.75) is 6.92 Å². The summed E-state index contributed by atoms with van der Waals surface area (Å²) in [6.45, 7) is 2.18. The molecule has 0 aliphatic heterocycles. The van der Waals surface area contributed by atoms with Crippen LogP contribution in [0.2, 0.25) is 0 Å². The van der Waals surface area contributed by atoms with E-state index in [9.17, 15) is 0 Å². The summed E-state index contributed by atoms with van der Waals surface area (Å²) < 4.78 is 4.79. The summed E-state index contributed by atoms with van der Waals surface area (Å²) >= 11 is 0. The summed E-state index contributed by atoms with van der Waals surface area (Å²) in [5.41, 5.74) is 18.0. The predicted octanol–water partition coefficient (Wildman–Crippen LogP) is 15.3. The molecule has 0 saturated heterocycles. The van der Waals surface area contributed by atoms with Gasteiger partial charge in [-0.05, 0) is 95.4 Å². The summed E-state index contributed by atoms with van der Waals surface area (Å²) in [4.78, 5) is 10.0. The molecule has 4 heteroatoms. The zero-order chi connectivity index (χ0) is 41.9. The Balaban J connectivity index is 0.849. The van der Waals surface area contributed by atoms with E-state index in [0.29, 0.717) is 0 Å². The maximum absolute atomic E-state index is 5.06. The summed E-state index contributed by atoms with van der Waals surface area (Å²) in [5, 5.41) is 5.01. The molecule has 0 aliphatic rings. The maximum Gasteiger partial charge on any atom is 0.160 e. The van der Waals surface area contributed by atoms with Gasteiger partial charge >= 0.3 is 0 Å². The number of nitrogens with zero attached hydrogens (tertiary/aromatic N) is 4. The highest BCUT2D eigenvalue weighted by Crippen LogP contribution is 2.38. The molecule has 0 radical (unpaired) electrons. The van der Waals surface area contributed by atoms with Gasteiger partial charge in [-0.1, -0.05) is 164 Å². The maximum atomic E-state index is 5.06. The fourth-order valence-electron chi connectivity index (χ4n) is 9.44. The van der Waals surface area contributed by atoms with Crippen LogP contribution in [0.1, 0.15) is 5.56 Å². The number of fused-ring (bicyclic) bond motifs is 6. The van der Waals surface area contributed by atoms with E-state index in [1.807, 2.05) is 36.4 Å². The smallest absolute Gasteiger partial charge is 0.160 e. The molecule has 9 aromatic carbocycles. The number of aryl methyl sites for hydroxylation is 1. The zero-order valence-electron chi connectivity index (χ0n) is 34.7. The van der Waals surface area contributed by atoms with Gasteiger partial charge < -0.3 is 9.13 Å². The average Bonchev–Trinajstić information content (AvgIpc) is 3.87. The van der Waals surface area contributed by atoms with Crippen molar-refractivity contribution in [2.75, 3.05) is 0 Å².